The van der Waals surface area contributed by atoms with Crippen LogP contribution in [0.25, 0.3) is 0 Å². The van der Waals surface area contributed by atoms with Crippen molar-refractivity contribution in [2.75, 3.05) is 20.2 Å². The molecule has 40 heavy (non-hydrogen) atoms. The van der Waals surface area contributed by atoms with Crippen molar-refractivity contribution in [3.63, 3.8) is 0 Å². The summed E-state index contributed by atoms with van der Waals surface area (Å²) in [6, 6.07) is 22.2. The number of ether oxygens (including phenoxy) is 3. The number of aromatic nitrogens is 2. The lowest BCUT2D eigenvalue weighted by Crippen LogP contribution is -2.43. The summed E-state index contributed by atoms with van der Waals surface area (Å²) in [7, 11) is 1.26. The van der Waals surface area contributed by atoms with E-state index in [2.05, 4.69) is 9.89 Å². The van der Waals surface area contributed by atoms with Gasteiger partial charge in [0.2, 0.25) is 17.2 Å². The van der Waals surface area contributed by atoms with E-state index in [0.29, 0.717) is 35.7 Å². The summed E-state index contributed by atoms with van der Waals surface area (Å²) < 4.78 is 22.5. The fraction of sp³-hybridized carbons (Fsp3) is 0.267. The summed E-state index contributed by atoms with van der Waals surface area (Å²) in [5.74, 6) is -0.607. The SMILES string of the molecule is COC(=O)c1cc([C@@H]2CCN(C(=O)c3cc(OCc4ccccc4)c(OCc4ccccc4)c(C)[n+]3[O-])C2)no1. The van der Waals surface area contributed by atoms with Gasteiger partial charge in [-0.1, -0.05) is 65.8 Å². The summed E-state index contributed by atoms with van der Waals surface area (Å²) in [5, 5.41) is 17.3. The molecule has 0 aliphatic carbocycles. The first-order valence-electron chi connectivity index (χ1n) is 12.9. The predicted molar refractivity (Wildman–Crippen MR) is 143 cm³/mol. The molecule has 0 unspecified atom stereocenters. The van der Waals surface area contributed by atoms with E-state index in [1.165, 1.54) is 19.2 Å². The highest BCUT2D eigenvalue weighted by atomic mass is 16.6. The van der Waals surface area contributed by atoms with Crippen LogP contribution in [0.2, 0.25) is 0 Å². The molecule has 1 atom stereocenters. The molecule has 1 amide bonds. The molecule has 0 bridgehead atoms. The number of hydrogen-bond donors (Lipinski definition) is 0. The Bertz CT molecular complexity index is 1490. The maximum absolute atomic E-state index is 13.6. The highest BCUT2D eigenvalue weighted by molar-refractivity contribution is 5.92. The molecule has 1 aliphatic rings. The maximum Gasteiger partial charge on any atom is 0.376 e. The summed E-state index contributed by atoms with van der Waals surface area (Å²) in [4.78, 5) is 26.9. The average Bonchev–Trinajstić information content (AvgIpc) is 3.68. The van der Waals surface area contributed by atoms with Crippen LogP contribution in [0, 0.1) is 12.1 Å². The van der Waals surface area contributed by atoms with E-state index in [1.54, 1.807) is 11.8 Å². The molecule has 3 heterocycles. The second kappa shape index (κ2) is 11.9. The van der Waals surface area contributed by atoms with Crippen molar-refractivity contribution in [2.24, 2.45) is 0 Å². The standard InChI is InChI=1S/C30H29N3O7/c1-20-28(39-19-22-11-7-4-8-12-22)26(38-18-21-9-5-3-6-10-21)16-25(33(20)36)29(34)32-14-13-23(17-32)24-15-27(40-31-24)30(35)37-2/h3-12,15-16,23H,13-14,17-19H2,1-2H3/t23-/m1/s1. The molecule has 1 aliphatic heterocycles. The Balaban J connectivity index is 1.39. The highest BCUT2D eigenvalue weighted by Gasteiger charge is 2.35. The van der Waals surface area contributed by atoms with Gasteiger partial charge in [-0.2, -0.15) is 4.73 Å². The van der Waals surface area contributed by atoms with Crippen molar-refractivity contribution in [1.82, 2.24) is 10.1 Å². The van der Waals surface area contributed by atoms with Crippen LogP contribution < -0.4 is 14.2 Å². The molecule has 0 N–H and O–H groups in total. The van der Waals surface area contributed by atoms with Crippen molar-refractivity contribution >= 4 is 11.9 Å². The molecule has 2 aromatic carbocycles. The van der Waals surface area contributed by atoms with Gasteiger partial charge in [0.15, 0.2) is 5.75 Å². The normalized spacial score (nSPS) is 14.7. The minimum absolute atomic E-state index is 0.00148. The molecular formula is C30H29N3O7. The lowest BCUT2D eigenvalue weighted by atomic mass is 10.1. The number of methoxy groups -OCH3 is 1. The first kappa shape index (κ1) is 26.7. The number of hydrogen-bond acceptors (Lipinski definition) is 8. The topological polar surface area (TPSA) is 118 Å². The Kier molecular flexibility index (Phi) is 7.95. The van der Waals surface area contributed by atoms with Crippen LogP contribution in [0.3, 0.4) is 0 Å². The van der Waals surface area contributed by atoms with Crippen molar-refractivity contribution in [2.45, 2.75) is 32.5 Å². The quantitative estimate of drug-likeness (QED) is 0.175. The van der Waals surface area contributed by atoms with Gasteiger partial charge in [0.1, 0.15) is 13.2 Å². The van der Waals surface area contributed by atoms with E-state index >= 15 is 0 Å². The molecule has 10 heteroatoms. The van der Waals surface area contributed by atoms with E-state index in [1.807, 2.05) is 60.7 Å². The van der Waals surface area contributed by atoms with Crippen LogP contribution in [0.5, 0.6) is 11.5 Å². The lowest BCUT2D eigenvalue weighted by Gasteiger charge is -2.19. The summed E-state index contributed by atoms with van der Waals surface area (Å²) in [5.41, 5.74) is 2.57. The highest BCUT2D eigenvalue weighted by Crippen LogP contribution is 2.33. The van der Waals surface area contributed by atoms with Crippen molar-refractivity contribution < 1.29 is 33.1 Å². The molecule has 5 rings (SSSR count). The number of benzene rings is 2. The van der Waals surface area contributed by atoms with E-state index in [9.17, 15) is 14.8 Å². The number of amides is 1. The first-order chi connectivity index (χ1) is 19.4. The number of pyridine rings is 1. The van der Waals surface area contributed by atoms with Gasteiger partial charge in [0.05, 0.1) is 18.9 Å². The van der Waals surface area contributed by atoms with Crippen LogP contribution in [0.15, 0.2) is 77.3 Å². The summed E-state index contributed by atoms with van der Waals surface area (Å²) in [6.07, 6.45) is 0.604. The fourth-order valence-electron chi connectivity index (χ4n) is 4.62. The minimum atomic E-state index is -0.620. The van der Waals surface area contributed by atoms with Crippen LogP contribution >= 0.6 is 0 Å². The van der Waals surface area contributed by atoms with Crippen LogP contribution in [0.4, 0.5) is 0 Å². The largest absolute Gasteiger partial charge is 0.618 e. The molecule has 206 valence electrons. The lowest BCUT2D eigenvalue weighted by molar-refractivity contribution is -0.615. The summed E-state index contributed by atoms with van der Waals surface area (Å²) in [6.45, 7) is 2.80. The number of likely N-dealkylation sites (tertiary alicyclic amines) is 1. The zero-order chi connectivity index (χ0) is 28.1. The van der Waals surface area contributed by atoms with Gasteiger partial charge in [-0.05, 0) is 17.5 Å². The first-order valence-corrected chi connectivity index (χ1v) is 12.9. The molecular weight excluding hydrogens is 514 g/mol. The molecule has 2 aromatic heterocycles. The van der Waals surface area contributed by atoms with E-state index in [-0.39, 0.29) is 42.0 Å². The monoisotopic (exact) mass is 543 g/mol. The van der Waals surface area contributed by atoms with E-state index < -0.39 is 11.9 Å². The predicted octanol–water partition coefficient (Wildman–Crippen LogP) is 4.19. The number of carbonyl (C=O) groups excluding carboxylic acids is 2. The van der Waals surface area contributed by atoms with Crippen LogP contribution in [0.1, 0.15) is 55.9 Å². The maximum atomic E-state index is 13.6. The van der Waals surface area contributed by atoms with Crippen LogP contribution in [-0.4, -0.2) is 42.1 Å². The Morgan fingerprint density at radius 2 is 1.68 bits per heavy atom. The zero-order valence-electron chi connectivity index (χ0n) is 22.2. The Labute approximate surface area is 231 Å². The smallest absolute Gasteiger partial charge is 0.376 e. The van der Waals surface area contributed by atoms with E-state index in [4.69, 9.17) is 14.0 Å². The summed E-state index contributed by atoms with van der Waals surface area (Å²) >= 11 is 0. The minimum Gasteiger partial charge on any atom is -0.618 e. The van der Waals surface area contributed by atoms with Crippen molar-refractivity contribution in [3.8, 4) is 11.5 Å². The van der Waals surface area contributed by atoms with Gasteiger partial charge >= 0.3 is 11.9 Å². The third-order valence-corrected chi connectivity index (χ3v) is 6.83. The molecule has 0 radical (unpaired) electrons. The Morgan fingerprint density at radius 1 is 1.02 bits per heavy atom. The van der Waals surface area contributed by atoms with Crippen LogP contribution in [-0.2, 0) is 18.0 Å². The molecule has 1 saturated heterocycles. The van der Waals surface area contributed by atoms with Gasteiger partial charge in [-0.25, -0.2) is 4.79 Å². The second-order valence-electron chi connectivity index (χ2n) is 9.50. The van der Waals surface area contributed by atoms with Gasteiger partial charge in [0, 0.05) is 32.0 Å². The second-order valence-corrected chi connectivity index (χ2v) is 9.50. The molecule has 0 saturated carbocycles. The van der Waals surface area contributed by atoms with Crippen molar-refractivity contribution in [1.29, 1.82) is 0 Å². The zero-order valence-corrected chi connectivity index (χ0v) is 22.2. The molecule has 0 spiro atoms. The van der Waals surface area contributed by atoms with Gasteiger partial charge in [-0.15, -0.1) is 0 Å². The Morgan fingerprint density at radius 3 is 2.33 bits per heavy atom. The molecule has 4 aromatic rings. The average molecular weight is 544 g/mol. The number of nitrogens with zero attached hydrogens (tertiary/aromatic N) is 3. The van der Waals surface area contributed by atoms with E-state index in [0.717, 1.165) is 11.1 Å². The van der Waals surface area contributed by atoms with Crippen molar-refractivity contribution in [3.05, 3.63) is 112 Å². The van der Waals surface area contributed by atoms with Gasteiger partial charge < -0.3 is 28.8 Å². The molecule has 10 nitrogen and oxygen atoms in total. The third-order valence-electron chi connectivity index (χ3n) is 6.83. The fourth-order valence-corrected chi connectivity index (χ4v) is 4.62. The third kappa shape index (κ3) is 5.75. The number of carbonyl (C=O) groups is 2. The van der Waals surface area contributed by atoms with Gasteiger partial charge in [-0.3, -0.25) is 4.79 Å². The number of esters is 1. The Hall–Kier alpha value is -4.86. The molecule has 1 fully saturated rings. The van der Waals surface area contributed by atoms with Gasteiger partial charge in [0.25, 0.3) is 5.69 Å². The number of rotatable bonds is 9.